The van der Waals surface area contributed by atoms with Gasteiger partial charge in [0, 0.05) is 0 Å². The first kappa shape index (κ1) is 13.1. The molecule has 0 aliphatic carbocycles. The molecular formula is C9H13N2O3S2-. The third kappa shape index (κ3) is 3.29. The molecule has 0 radical (unpaired) electrons. The molecule has 0 heterocycles. The predicted molar refractivity (Wildman–Crippen MR) is 62.5 cm³/mol. The van der Waals surface area contributed by atoms with Crippen LogP contribution >= 0.6 is 0 Å². The molecule has 0 aromatic heterocycles. The van der Waals surface area contributed by atoms with Crippen molar-refractivity contribution in [3.63, 3.8) is 0 Å². The van der Waals surface area contributed by atoms with Crippen molar-refractivity contribution >= 4 is 20.8 Å². The van der Waals surface area contributed by atoms with E-state index in [0.29, 0.717) is 0 Å². The van der Waals surface area contributed by atoms with Crippen molar-refractivity contribution in [2.75, 3.05) is 14.1 Å². The fourth-order valence-corrected chi connectivity index (χ4v) is 2.93. The molecule has 0 amide bonds. The lowest BCUT2D eigenvalue weighted by Gasteiger charge is -2.13. The van der Waals surface area contributed by atoms with E-state index in [1.54, 1.807) is 12.1 Å². The monoisotopic (exact) mass is 261 g/mol. The number of aryl methyl sites for hydroxylation is 1. The first-order valence-electron chi connectivity index (χ1n) is 4.47. The fourth-order valence-electron chi connectivity index (χ4n) is 0.904. The number of hydrogen-bond donors (Lipinski definition) is 0. The number of sulfonamides is 1. The van der Waals surface area contributed by atoms with Crippen molar-refractivity contribution in [3.8, 4) is 0 Å². The van der Waals surface area contributed by atoms with Gasteiger partial charge < -0.3 is 8.51 Å². The van der Waals surface area contributed by atoms with Gasteiger partial charge in [-0.25, -0.2) is 8.42 Å². The van der Waals surface area contributed by atoms with Crippen molar-refractivity contribution in [1.82, 2.24) is 4.31 Å². The Morgan fingerprint density at radius 3 is 2.12 bits per heavy atom. The molecule has 1 aromatic rings. The van der Waals surface area contributed by atoms with Gasteiger partial charge in [-0.05, 0) is 33.2 Å². The molecule has 1 aromatic carbocycles. The van der Waals surface area contributed by atoms with Crippen LogP contribution in [-0.4, -0.2) is 26.8 Å². The first-order valence-corrected chi connectivity index (χ1v) is 6.97. The van der Waals surface area contributed by atoms with Crippen LogP contribution in [0.3, 0.4) is 0 Å². The molecule has 5 nitrogen and oxygen atoms in total. The average molecular weight is 261 g/mol. The van der Waals surface area contributed by atoms with Crippen LogP contribution in [0.15, 0.2) is 32.9 Å². The van der Waals surface area contributed by atoms with Gasteiger partial charge in [-0.15, -0.1) is 10.8 Å². The molecule has 7 heteroatoms. The zero-order chi connectivity index (χ0) is 12.3. The Morgan fingerprint density at radius 2 is 1.69 bits per heavy atom. The van der Waals surface area contributed by atoms with Gasteiger partial charge in [-0.3, -0.25) is 3.77 Å². The fraction of sp³-hybridized carbons (Fsp3) is 0.333. The minimum Gasteiger partial charge on any atom is -0.429 e. The minimum atomic E-state index is -3.84. The standard InChI is InChI=1S/C9H13N2O3S2/c1-8-4-6-9(7-5-8)16(13,14)10-15(12)11(2)3/h4-7H,1-3H3/q-1. The third-order valence-electron chi connectivity index (χ3n) is 1.79. The van der Waals surface area contributed by atoms with Crippen LogP contribution in [0.4, 0.5) is 0 Å². The predicted octanol–water partition coefficient (Wildman–Crippen LogP) is 1.31. The highest BCUT2D eigenvalue weighted by Gasteiger charge is 2.08. The lowest BCUT2D eigenvalue weighted by Crippen LogP contribution is -2.09. The second-order valence-corrected chi connectivity index (χ2v) is 6.62. The topological polar surface area (TPSA) is 66.8 Å². The van der Waals surface area contributed by atoms with E-state index >= 15 is 0 Å². The molecule has 16 heavy (non-hydrogen) atoms. The summed E-state index contributed by atoms with van der Waals surface area (Å²) in [6, 6.07) is 6.23. The van der Waals surface area contributed by atoms with Crippen molar-refractivity contribution in [1.29, 1.82) is 0 Å². The van der Waals surface area contributed by atoms with Gasteiger partial charge in [0.2, 0.25) is 0 Å². The summed E-state index contributed by atoms with van der Waals surface area (Å²) in [5, 5.41) is 0. The van der Waals surface area contributed by atoms with Crippen LogP contribution in [-0.2, 0) is 25.0 Å². The molecular weight excluding hydrogens is 248 g/mol. The molecule has 0 aliphatic rings. The largest absolute Gasteiger partial charge is 0.429 e. The Labute approximate surface area is 97.5 Å². The van der Waals surface area contributed by atoms with E-state index in [-0.39, 0.29) is 4.90 Å². The molecule has 0 unspecified atom stereocenters. The Morgan fingerprint density at radius 1 is 1.19 bits per heavy atom. The van der Waals surface area contributed by atoms with Gasteiger partial charge in [0.1, 0.15) is 0 Å². The van der Waals surface area contributed by atoms with Crippen molar-refractivity contribution in [2.24, 2.45) is 3.77 Å². The Kier molecular flexibility index (Phi) is 4.06. The highest BCUT2D eigenvalue weighted by molar-refractivity contribution is 7.95. The van der Waals surface area contributed by atoms with Crippen LogP contribution in [0.1, 0.15) is 5.56 Å². The minimum absolute atomic E-state index is 0.0494. The summed E-state index contributed by atoms with van der Waals surface area (Å²) in [5.41, 5.74) is 0.952. The lowest BCUT2D eigenvalue weighted by molar-refractivity contribution is 0.555. The Hall–Kier alpha value is -0.920. The van der Waals surface area contributed by atoms with E-state index in [1.165, 1.54) is 30.5 Å². The van der Waals surface area contributed by atoms with Crippen molar-refractivity contribution < 1.29 is 12.6 Å². The van der Waals surface area contributed by atoms with E-state index in [1.807, 2.05) is 6.92 Å². The van der Waals surface area contributed by atoms with Crippen LogP contribution in [0.25, 0.3) is 0 Å². The molecule has 1 rings (SSSR count). The summed E-state index contributed by atoms with van der Waals surface area (Å²) in [5.74, 6) is 0. The van der Waals surface area contributed by atoms with Crippen LogP contribution in [0, 0.1) is 6.92 Å². The van der Waals surface area contributed by atoms with Gasteiger partial charge in [0.05, 0.1) is 4.90 Å². The van der Waals surface area contributed by atoms with Gasteiger partial charge >= 0.3 is 0 Å². The zero-order valence-corrected chi connectivity index (χ0v) is 10.9. The Bertz CT molecular complexity index is 541. The van der Waals surface area contributed by atoms with E-state index in [9.17, 15) is 12.6 Å². The molecule has 0 saturated carbocycles. The summed E-state index contributed by atoms with van der Waals surface area (Å²) < 4.78 is 39.1. The summed E-state index contributed by atoms with van der Waals surface area (Å²) in [6.07, 6.45) is 0. The second-order valence-electron chi connectivity index (χ2n) is 3.41. The maximum absolute atomic E-state index is 11.7. The molecule has 0 bridgehead atoms. The van der Waals surface area contributed by atoms with E-state index in [4.69, 9.17) is 0 Å². The quantitative estimate of drug-likeness (QED) is 0.770. The highest BCUT2D eigenvalue weighted by Crippen LogP contribution is 2.13. The number of hydrogen-bond acceptors (Lipinski definition) is 4. The third-order valence-corrected chi connectivity index (χ3v) is 4.58. The molecule has 0 spiro atoms. The van der Waals surface area contributed by atoms with Gasteiger partial charge in [-0.2, -0.15) is 0 Å². The number of rotatable bonds is 3. The van der Waals surface area contributed by atoms with Crippen LogP contribution in [0.5, 0.6) is 0 Å². The summed E-state index contributed by atoms with van der Waals surface area (Å²) in [4.78, 5) is 0.0494. The summed E-state index contributed by atoms with van der Waals surface area (Å²) in [6.45, 7) is 1.85. The van der Waals surface area contributed by atoms with Crippen molar-refractivity contribution in [2.45, 2.75) is 11.8 Å². The lowest BCUT2D eigenvalue weighted by atomic mass is 10.2. The van der Waals surface area contributed by atoms with Gasteiger partial charge in [0.25, 0.3) is 10.0 Å². The molecule has 90 valence electrons. The second kappa shape index (κ2) is 4.94. The van der Waals surface area contributed by atoms with Crippen LogP contribution in [0.2, 0.25) is 0 Å². The molecule has 0 N–H and O–H groups in total. The molecule has 0 aliphatic heterocycles. The molecule has 0 atom stereocenters. The van der Waals surface area contributed by atoms with E-state index in [2.05, 4.69) is 3.77 Å². The maximum Gasteiger partial charge on any atom is 0.261 e. The maximum atomic E-state index is 11.7. The Balaban J connectivity index is 3.18. The number of nitrogens with zero attached hydrogens (tertiary/aromatic N) is 2. The van der Waals surface area contributed by atoms with E-state index < -0.39 is 20.8 Å². The highest BCUT2D eigenvalue weighted by atomic mass is 32.3. The SMILES string of the molecule is Cc1ccc(S(=O)(=O)N=[S-](=O)N(C)C)cc1. The molecule has 0 fully saturated rings. The van der Waals surface area contributed by atoms with Crippen molar-refractivity contribution in [3.05, 3.63) is 29.8 Å². The summed E-state index contributed by atoms with van der Waals surface area (Å²) >= 11 is 0. The average Bonchev–Trinajstić information content (AvgIpc) is 2.17. The summed E-state index contributed by atoms with van der Waals surface area (Å²) in [7, 11) is -2.73. The van der Waals surface area contributed by atoms with Crippen LogP contribution < -0.4 is 0 Å². The van der Waals surface area contributed by atoms with Gasteiger partial charge in [0.15, 0.2) is 0 Å². The number of benzene rings is 1. The normalized spacial score (nSPS) is 14.2. The van der Waals surface area contributed by atoms with E-state index in [0.717, 1.165) is 5.56 Å². The zero-order valence-electron chi connectivity index (χ0n) is 9.25. The first-order chi connectivity index (χ1) is 7.33. The molecule has 0 saturated heterocycles. The smallest absolute Gasteiger partial charge is 0.261 e. The van der Waals surface area contributed by atoms with Gasteiger partial charge in [-0.1, -0.05) is 17.7 Å².